The number of ether oxygens (including phenoxy) is 4. The molecule has 0 bridgehead atoms. The van der Waals surface area contributed by atoms with Crippen LogP contribution < -0.4 is 29.6 Å². The van der Waals surface area contributed by atoms with Crippen molar-refractivity contribution < 1.29 is 28.5 Å². The molecule has 1 atom stereocenters. The average molecular weight is 559 g/mol. The number of hydrogen-bond acceptors (Lipinski definition) is 7. The maximum atomic E-state index is 13.6. The van der Waals surface area contributed by atoms with Crippen LogP contribution in [0.1, 0.15) is 21.2 Å². The molecule has 4 rings (SSSR count). The van der Waals surface area contributed by atoms with Gasteiger partial charge in [-0.1, -0.05) is 36.4 Å². The zero-order valence-electron chi connectivity index (χ0n) is 22.6. The van der Waals surface area contributed by atoms with Crippen molar-refractivity contribution in [3.63, 3.8) is 0 Å². The van der Waals surface area contributed by atoms with Gasteiger partial charge in [0.15, 0.2) is 11.5 Å². The van der Waals surface area contributed by atoms with Crippen LogP contribution in [-0.2, 0) is 4.79 Å². The summed E-state index contributed by atoms with van der Waals surface area (Å²) in [4.78, 5) is 27.4. The number of thioether (sulfide) groups is 1. The Morgan fingerprint density at radius 3 is 2.10 bits per heavy atom. The fourth-order valence-corrected chi connectivity index (χ4v) is 5.06. The van der Waals surface area contributed by atoms with Gasteiger partial charge in [0.05, 0.1) is 34.1 Å². The number of carbonyl (C=O) groups is 2. The number of benzene rings is 4. The Morgan fingerprint density at radius 1 is 0.675 bits per heavy atom. The Hall–Kier alpha value is -4.63. The molecule has 0 saturated heterocycles. The number of anilines is 2. The molecule has 4 aromatic carbocycles. The lowest BCUT2D eigenvalue weighted by molar-refractivity contribution is -0.115. The van der Waals surface area contributed by atoms with Crippen molar-refractivity contribution in [2.45, 2.75) is 10.1 Å². The highest BCUT2D eigenvalue weighted by Gasteiger charge is 2.24. The maximum Gasteiger partial charge on any atom is 0.255 e. The first-order valence-electron chi connectivity index (χ1n) is 12.3. The van der Waals surface area contributed by atoms with Gasteiger partial charge in [-0.3, -0.25) is 9.59 Å². The molecule has 8 nitrogen and oxygen atoms in total. The van der Waals surface area contributed by atoms with Gasteiger partial charge in [0.1, 0.15) is 16.7 Å². The first kappa shape index (κ1) is 28.4. The number of amides is 2. The molecule has 0 fully saturated rings. The monoisotopic (exact) mass is 558 g/mol. The molecular weight excluding hydrogens is 528 g/mol. The van der Waals surface area contributed by atoms with E-state index in [1.807, 2.05) is 48.5 Å². The molecule has 0 aromatic heterocycles. The van der Waals surface area contributed by atoms with E-state index >= 15 is 0 Å². The summed E-state index contributed by atoms with van der Waals surface area (Å²) in [6.07, 6.45) is 0. The van der Waals surface area contributed by atoms with Crippen molar-refractivity contribution in [3.05, 3.63) is 102 Å². The van der Waals surface area contributed by atoms with Crippen molar-refractivity contribution in [2.75, 3.05) is 39.1 Å². The molecule has 4 aromatic rings. The summed E-state index contributed by atoms with van der Waals surface area (Å²) in [7, 11) is 6.16. The molecule has 0 aliphatic rings. The molecule has 2 N–H and O–H groups in total. The first-order valence-corrected chi connectivity index (χ1v) is 13.2. The van der Waals surface area contributed by atoms with Gasteiger partial charge >= 0.3 is 0 Å². The molecule has 1 unspecified atom stereocenters. The highest BCUT2D eigenvalue weighted by atomic mass is 32.2. The van der Waals surface area contributed by atoms with Crippen LogP contribution in [0.2, 0.25) is 0 Å². The average Bonchev–Trinajstić information content (AvgIpc) is 2.99. The summed E-state index contributed by atoms with van der Waals surface area (Å²) in [6, 6.07) is 27.0. The molecule has 2 amide bonds. The van der Waals surface area contributed by atoms with E-state index in [2.05, 4.69) is 10.6 Å². The lowest BCUT2D eigenvalue weighted by Gasteiger charge is -2.19. The van der Waals surface area contributed by atoms with E-state index in [9.17, 15) is 9.59 Å². The number of rotatable bonds is 11. The van der Waals surface area contributed by atoms with E-state index in [4.69, 9.17) is 18.9 Å². The van der Waals surface area contributed by atoms with Crippen LogP contribution in [0.5, 0.6) is 23.0 Å². The molecule has 206 valence electrons. The summed E-state index contributed by atoms with van der Waals surface area (Å²) in [6.45, 7) is 0. The number of carbonyl (C=O) groups excluding carboxylic acids is 2. The van der Waals surface area contributed by atoms with Gasteiger partial charge in [0.2, 0.25) is 5.91 Å². The van der Waals surface area contributed by atoms with Gasteiger partial charge in [-0.25, -0.2) is 0 Å². The zero-order chi connectivity index (χ0) is 28.5. The molecule has 9 heteroatoms. The smallest absolute Gasteiger partial charge is 0.255 e. The van der Waals surface area contributed by atoms with Crippen molar-refractivity contribution in [1.29, 1.82) is 0 Å². The van der Waals surface area contributed by atoms with Gasteiger partial charge in [0, 0.05) is 22.2 Å². The van der Waals surface area contributed by atoms with Crippen LogP contribution in [0.4, 0.5) is 11.4 Å². The Balaban J connectivity index is 1.56. The van der Waals surface area contributed by atoms with Crippen LogP contribution >= 0.6 is 11.8 Å². The van der Waals surface area contributed by atoms with E-state index in [0.717, 1.165) is 10.5 Å². The van der Waals surface area contributed by atoms with Gasteiger partial charge in [-0.2, -0.15) is 0 Å². The second kappa shape index (κ2) is 13.4. The minimum Gasteiger partial charge on any atom is -0.497 e. The summed E-state index contributed by atoms with van der Waals surface area (Å²) >= 11 is 1.37. The fourth-order valence-electron chi connectivity index (χ4n) is 3.97. The molecule has 0 aliphatic carbocycles. The molecule has 0 spiro atoms. The topological polar surface area (TPSA) is 95.1 Å². The van der Waals surface area contributed by atoms with Crippen molar-refractivity contribution in [1.82, 2.24) is 0 Å². The van der Waals surface area contributed by atoms with E-state index in [0.29, 0.717) is 39.9 Å². The predicted molar refractivity (Wildman–Crippen MR) is 157 cm³/mol. The minimum absolute atomic E-state index is 0.234. The van der Waals surface area contributed by atoms with E-state index in [1.54, 1.807) is 56.7 Å². The zero-order valence-corrected chi connectivity index (χ0v) is 23.4. The summed E-state index contributed by atoms with van der Waals surface area (Å²) < 4.78 is 21.3. The van der Waals surface area contributed by atoms with Gasteiger partial charge in [0.25, 0.3) is 5.91 Å². The Bertz CT molecular complexity index is 1480. The quantitative estimate of drug-likeness (QED) is 0.204. The lowest BCUT2D eigenvalue weighted by Crippen LogP contribution is -2.19. The van der Waals surface area contributed by atoms with Crippen molar-refractivity contribution in [2.24, 2.45) is 0 Å². The van der Waals surface area contributed by atoms with Crippen molar-refractivity contribution in [3.8, 4) is 23.0 Å². The highest BCUT2D eigenvalue weighted by molar-refractivity contribution is 8.00. The van der Waals surface area contributed by atoms with E-state index < -0.39 is 5.25 Å². The largest absolute Gasteiger partial charge is 0.497 e. The van der Waals surface area contributed by atoms with Crippen LogP contribution in [0, 0.1) is 0 Å². The molecular formula is C31H30N2O6S. The van der Waals surface area contributed by atoms with Gasteiger partial charge in [-0.15, -0.1) is 11.8 Å². The Kier molecular flexibility index (Phi) is 9.53. The van der Waals surface area contributed by atoms with Crippen LogP contribution in [0.25, 0.3) is 0 Å². The van der Waals surface area contributed by atoms with E-state index in [1.165, 1.54) is 26.0 Å². The highest BCUT2D eigenvalue weighted by Crippen LogP contribution is 2.38. The first-order chi connectivity index (χ1) is 19.4. The fraction of sp³-hybridized carbons (Fsp3) is 0.161. The maximum absolute atomic E-state index is 13.6. The number of methoxy groups -OCH3 is 4. The van der Waals surface area contributed by atoms with Crippen LogP contribution in [0.15, 0.2) is 95.9 Å². The molecule has 0 heterocycles. The van der Waals surface area contributed by atoms with Gasteiger partial charge < -0.3 is 29.6 Å². The van der Waals surface area contributed by atoms with Crippen LogP contribution in [0.3, 0.4) is 0 Å². The predicted octanol–water partition coefficient (Wildman–Crippen LogP) is 6.45. The lowest BCUT2D eigenvalue weighted by atomic mass is 10.1. The molecule has 0 saturated carbocycles. The SMILES string of the molecule is COc1ccc(OC)c(NC(=O)C(Sc2cccc(NC(=O)c3ccc(OC)c(OC)c3)c2)c2ccccc2)c1. The van der Waals surface area contributed by atoms with E-state index in [-0.39, 0.29) is 11.8 Å². The van der Waals surface area contributed by atoms with Crippen molar-refractivity contribution >= 4 is 35.0 Å². The number of hydrogen-bond donors (Lipinski definition) is 2. The standard InChI is InChI=1S/C31H30N2O6S/c1-36-23-14-16-26(37-2)25(19-23)33-31(35)29(20-9-6-5-7-10-20)40-24-12-8-11-22(18-24)32-30(34)21-13-15-27(38-3)28(17-21)39-4/h5-19,29H,1-4H3,(H,32,34)(H,33,35). The minimum atomic E-state index is -0.589. The number of nitrogens with one attached hydrogen (secondary N) is 2. The second-order valence-electron chi connectivity index (χ2n) is 8.52. The van der Waals surface area contributed by atoms with Crippen LogP contribution in [-0.4, -0.2) is 40.3 Å². The normalized spacial score (nSPS) is 11.2. The molecule has 0 aliphatic heterocycles. The second-order valence-corrected chi connectivity index (χ2v) is 9.69. The summed E-state index contributed by atoms with van der Waals surface area (Å²) in [5.74, 6) is 1.58. The molecule has 0 radical (unpaired) electrons. The summed E-state index contributed by atoms with van der Waals surface area (Å²) in [5, 5.41) is 5.32. The Labute approximate surface area is 237 Å². The third-order valence-electron chi connectivity index (χ3n) is 6.00. The Morgan fingerprint density at radius 2 is 1.40 bits per heavy atom. The van der Waals surface area contributed by atoms with Gasteiger partial charge in [-0.05, 0) is 54.1 Å². The third-order valence-corrected chi connectivity index (χ3v) is 7.24. The molecule has 40 heavy (non-hydrogen) atoms. The summed E-state index contributed by atoms with van der Waals surface area (Å²) in [5.41, 5.74) is 2.34. The third kappa shape index (κ3) is 6.86.